The minimum atomic E-state index is 0.440. The third kappa shape index (κ3) is 6.12. The van der Waals surface area contributed by atoms with Crippen molar-refractivity contribution in [2.75, 3.05) is 37.7 Å². The van der Waals surface area contributed by atoms with E-state index in [-0.39, 0.29) is 0 Å². The number of hydrogen-bond donors (Lipinski definition) is 1. The fourth-order valence-corrected chi connectivity index (χ4v) is 3.24. The molecule has 0 saturated carbocycles. The van der Waals surface area contributed by atoms with Crippen molar-refractivity contribution in [1.82, 2.24) is 4.90 Å². The molecule has 2 nitrogen and oxygen atoms in total. The van der Waals surface area contributed by atoms with Crippen LogP contribution in [0.4, 0.5) is 0 Å². The molecule has 96 valence electrons. The normalized spacial score (nSPS) is 19.7. The monoisotopic (exact) mass is 244 g/mol. The van der Waals surface area contributed by atoms with Crippen molar-refractivity contribution in [3.8, 4) is 0 Å². The van der Waals surface area contributed by atoms with Gasteiger partial charge in [-0.25, -0.2) is 0 Å². The molecule has 0 bridgehead atoms. The van der Waals surface area contributed by atoms with E-state index in [9.17, 15) is 0 Å². The van der Waals surface area contributed by atoms with Crippen molar-refractivity contribution in [3.05, 3.63) is 0 Å². The lowest BCUT2D eigenvalue weighted by Crippen LogP contribution is -2.28. The van der Waals surface area contributed by atoms with Gasteiger partial charge in [-0.05, 0) is 56.5 Å². The minimum absolute atomic E-state index is 0.440. The molecule has 3 heteroatoms. The molecule has 1 saturated heterocycles. The highest BCUT2D eigenvalue weighted by Gasteiger charge is 2.17. The van der Waals surface area contributed by atoms with Gasteiger partial charge in [0.25, 0.3) is 0 Å². The Morgan fingerprint density at radius 2 is 2.00 bits per heavy atom. The van der Waals surface area contributed by atoms with Crippen LogP contribution in [0.1, 0.15) is 39.5 Å². The van der Waals surface area contributed by atoms with Gasteiger partial charge in [0.2, 0.25) is 0 Å². The zero-order valence-electron chi connectivity index (χ0n) is 11.0. The van der Waals surface area contributed by atoms with E-state index in [0.29, 0.717) is 5.41 Å². The summed E-state index contributed by atoms with van der Waals surface area (Å²) in [5.41, 5.74) is 6.08. The SMILES string of the molecule is CC(C)(CCN)CCCN1CCCSCC1. The number of thioether (sulfide) groups is 1. The van der Waals surface area contributed by atoms with Crippen LogP contribution in [0.25, 0.3) is 0 Å². The number of hydrogen-bond acceptors (Lipinski definition) is 3. The molecule has 0 amide bonds. The Bertz CT molecular complexity index is 175. The van der Waals surface area contributed by atoms with Crippen LogP contribution in [0.3, 0.4) is 0 Å². The third-order valence-electron chi connectivity index (χ3n) is 3.46. The summed E-state index contributed by atoms with van der Waals surface area (Å²) in [6.45, 7) is 9.41. The molecular weight excluding hydrogens is 216 g/mol. The molecule has 1 aliphatic rings. The van der Waals surface area contributed by atoms with E-state index in [1.807, 2.05) is 0 Å². The fraction of sp³-hybridized carbons (Fsp3) is 1.00. The van der Waals surface area contributed by atoms with Gasteiger partial charge < -0.3 is 10.6 Å². The number of nitrogens with two attached hydrogens (primary N) is 1. The molecule has 0 unspecified atom stereocenters. The van der Waals surface area contributed by atoms with Gasteiger partial charge in [0.1, 0.15) is 0 Å². The molecular formula is C13H28N2S. The standard InChI is InChI=1S/C13H28N2S/c1-13(2,6-7-14)5-3-8-15-9-4-11-16-12-10-15/h3-12,14H2,1-2H3. The largest absolute Gasteiger partial charge is 0.330 e. The van der Waals surface area contributed by atoms with Crippen LogP contribution in [0.2, 0.25) is 0 Å². The summed E-state index contributed by atoms with van der Waals surface area (Å²) in [5.74, 6) is 2.68. The first-order valence-electron chi connectivity index (χ1n) is 6.64. The lowest BCUT2D eigenvalue weighted by Gasteiger charge is -2.26. The van der Waals surface area contributed by atoms with Crippen molar-refractivity contribution in [3.63, 3.8) is 0 Å². The topological polar surface area (TPSA) is 29.3 Å². The molecule has 0 atom stereocenters. The molecule has 0 radical (unpaired) electrons. The van der Waals surface area contributed by atoms with E-state index in [4.69, 9.17) is 5.73 Å². The molecule has 1 aliphatic heterocycles. The first-order valence-corrected chi connectivity index (χ1v) is 7.80. The van der Waals surface area contributed by atoms with Crippen LogP contribution in [-0.2, 0) is 0 Å². The molecule has 1 rings (SSSR count). The van der Waals surface area contributed by atoms with E-state index in [1.54, 1.807) is 0 Å². The van der Waals surface area contributed by atoms with Crippen LogP contribution < -0.4 is 5.73 Å². The van der Waals surface area contributed by atoms with Crippen molar-refractivity contribution in [1.29, 1.82) is 0 Å². The van der Waals surface area contributed by atoms with Crippen molar-refractivity contribution >= 4 is 11.8 Å². The summed E-state index contributed by atoms with van der Waals surface area (Å²) in [6.07, 6.45) is 5.17. The van der Waals surface area contributed by atoms with Crippen LogP contribution in [-0.4, -0.2) is 42.6 Å². The maximum Gasteiger partial charge on any atom is 0.00723 e. The minimum Gasteiger partial charge on any atom is -0.330 e. The molecule has 1 heterocycles. The lowest BCUT2D eigenvalue weighted by molar-refractivity contribution is 0.246. The van der Waals surface area contributed by atoms with E-state index in [2.05, 4.69) is 30.5 Å². The predicted octanol–water partition coefficient (Wildman–Crippen LogP) is 2.58. The molecule has 0 aliphatic carbocycles. The fourth-order valence-electron chi connectivity index (χ4n) is 2.32. The second kappa shape index (κ2) is 7.57. The molecule has 1 fully saturated rings. The van der Waals surface area contributed by atoms with Gasteiger partial charge in [0.05, 0.1) is 0 Å². The summed E-state index contributed by atoms with van der Waals surface area (Å²) in [4.78, 5) is 2.64. The van der Waals surface area contributed by atoms with Crippen LogP contribution >= 0.6 is 11.8 Å². The Morgan fingerprint density at radius 1 is 1.19 bits per heavy atom. The first-order chi connectivity index (χ1) is 7.64. The van der Waals surface area contributed by atoms with Crippen LogP contribution in [0.5, 0.6) is 0 Å². The average Bonchev–Trinajstić information content (AvgIpc) is 2.46. The second-order valence-corrected chi connectivity index (χ2v) is 6.84. The van der Waals surface area contributed by atoms with Crippen LogP contribution in [0, 0.1) is 5.41 Å². The van der Waals surface area contributed by atoms with Gasteiger partial charge in [-0.15, -0.1) is 0 Å². The summed E-state index contributed by atoms with van der Waals surface area (Å²) in [6, 6.07) is 0. The van der Waals surface area contributed by atoms with Crippen molar-refractivity contribution < 1.29 is 0 Å². The summed E-state index contributed by atoms with van der Waals surface area (Å²) < 4.78 is 0. The highest BCUT2D eigenvalue weighted by Crippen LogP contribution is 2.26. The Morgan fingerprint density at radius 3 is 2.75 bits per heavy atom. The molecule has 0 aromatic rings. The summed E-state index contributed by atoms with van der Waals surface area (Å²) >= 11 is 2.11. The maximum absolute atomic E-state index is 5.64. The number of rotatable bonds is 6. The van der Waals surface area contributed by atoms with Gasteiger partial charge >= 0.3 is 0 Å². The molecule has 0 aromatic carbocycles. The molecule has 0 aromatic heterocycles. The maximum atomic E-state index is 5.64. The first kappa shape index (κ1) is 14.3. The average molecular weight is 244 g/mol. The van der Waals surface area contributed by atoms with E-state index in [0.717, 1.165) is 13.0 Å². The summed E-state index contributed by atoms with van der Waals surface area (Å²) in [7, 11) is 0. The van der Waals surface area contributed by atoms with Crippen molar-refractivity contribution in [2.24, 2.45) is 11.1 Å². The quantitative estimate of drug-likeness (QED) is 0.779. The Balaban J connectivity index is 2.13. The summed E-state index contributed by atoms with van der Waals surface area (Å²) in [5, 5.41) is 0. The Kier molecular flexibility index (Phi) is 6.78. The Labute approximate surface area is 105 Å². The lowest BCUT2D eigenvalue weighted by atomic mass is 9.84. The molecule has 16 heavy (non-hydrogen) atoms. The Hall–Kier alpha value is 0.270. The van der Waals surface area contributed by atoms with E-state index in [1.165, 1.54) is 50.4 Å². The number of nitrogens with zero attached hydrogens (tertiary/aromatic N) is 1. The van der Waals surface area contributed by atoms with Crippen molar-refractivity contribution in [2.45, 2.75) is 39.5 Å². The third-order valence-corrected chi connectivity index (χ3v) is 4.51. The van der Waals surface area contributed by atoms with Gasteiger partial charge in [0.15, 0.2) is 0 Å². The van der Waals surface area contributed by atoms with Gasteiger partial charge in [0, 0.05) is 12.3 Å². The van der Waals surface area contributed by atoms with E-state index >= 15 is 0 Å². The van der Waals surface area contributed by atoms with Gasteiger partial charge in [-0.2, -0.15) is 11.8 Å². The predicted molar refractivity (Wildman–Crippen MR) is 75.1 cm³/mol. The second-order valence-electron chi connectivity index (χ2n) is 5.61. The molecule has 0 spiro atoms. The highest BCUT2D eigenvalue weighted by atomic mass is 32.2. The zero-order valence-corrected chi connectivity index (χ0v) is 11.8. The van der Waals surface area contributed by atoms with E-state index < -0.39 is 0 Å². The van der Waals surface area contributed by atoms with Crippen LogP contribution in [0.15, 0.2) is 0 Å². The van der Waals surface area contributed by atoms with Gasteiger partial charge in [-0.3, -0.25) is 0 Å². The smallest absolute Gasteiger partial charge is 0.00723 e. The highest BCUT2D eigenvalue weighted by molar-refractivity contribution is 7.99. The zero-order chi connectivity index (χ0) is 11.9. The van der Waals surface area contributed by atoms with Gasteiger partial charge in [-0.1, -0.05) is 13.8 Å². The molecule has 2 N–H and O–H groups in total.